The first-order valence-corrected chi connectivity index (χ1v) is 8.65. The highest BCUT2D eigenvalue weighted by atomic mass is 35.5. The van der Waals surface area contributed by atoms with Gasteiger partial charge < -0.3 is 5.32 Å². The molecule has 0 atom stereocenters. The molecule has 0 aromatic heterocycles. The van der Waals surface area contributed by atoms with Crippen LogP contribution in [0.15, 0.2) is 48.5 Å². The van der Waals surface area contributed by atoms with Gasteiger partial charge in [0.05, 0.1) is 5.75 Å². The molecular formula is C15H17ClN2O2S. The van der Waals surface area contributed by atoms with Gasteiger partial charge in [-0.1, -0.05) is 18.5 Å². The highest BCUT2D eigenvalue weighted by Crippen LogP contribution is 2.21. The Bertz CT molecular complexity index is 683. The first kappa shape index (κ1) is 15.7. The fourth-order valence-electron chi connectivity index (χ4n) is 1.82. The third kappa shape index (κ3) is 4.95. The molecule has 0 radical (unpaired) electrons. The molecule has 0 unspecified atom stereocenters. The summed E-state index contributed by atoms with van der Waals surface area (Å²) in [6.07, 6.45) is 0.589. The molecule has 0 spiro atoms. The molecule has 112 valence electrons. The highest BCUT2D eigenvalue weighted by Gasteiger charge is 2.08. The van der Waals surface area contributed by atoms with Gasteiger partial charge in [-0.2, -0.15) is 0 Å². The van der Waals surface area contributed by atoms with Gasteiger partial charge in [0.1, 0.15) is 0 Å². The molecule has 0 aliphatic rings. The van der Waals surface area contributed by atoms with Crippen molar-refractivity contribution >= 4 is 38.7 Å². The highest BCUT2D eigenvalue weighted by molar-refractivity contribution is 7.92. The zero-order chi connectivity index (χ0) is 15.3. The van der Waals surface area contributed by atoms with E-state index in [2.05, 4.69) is 10.0 Å². The Hall–Kier alpha value is -1.72. The van der Waals surface area contributed by atoms with Crippen molar-refractivity contribution in [1.29, 1.82) is 0 Å². The Labute approximate surface area is 130 Å². The molecule has 6 heteroatoms. The van der Waals surface area contributed by atoms with Crippen LogP contribution < -0.4 is 10.0 Å². The van der Waals surface area contributed by atoms with Gasteiger partial charge >= 0.3 is 0 Å². The minimum Gasteiger partial charge on any atom is -0.356 e. The maximum absolute atomic E-state index is 11.7. The van der Waals surface area contributed by atoms with E-state index < -0.39 is 10.0 Å². The summed E-state index contributed by atoms with van der Waals surface area (Å²) in [7, 11) is -3.25. The van der Waals surface area contributed by atoms with Crippen molar-refractivity contribution in [1.82, 2.24) is 0 Å². The summed E-state index contributed by atoms with van der Waals surface area (Å²) in [6.45, 7) is 1.83. The van der Waals surface area contributed by atoms with Crippen LogP contribution in [0.4, 0.5) is 17.1 Å². The van der Waals surface area contributed by atoms with Gasteiger partial charge in [-0.25, -0.2) is 8.42 Å². The van der Waals surface area contributed by atoms with Crippen molar-refractivity contribution < 1.29 is 8.42 Å². The van der Waals surface area contributed by atoms with E-state index in [1.165, 1.54) is 0 Å². The van der Waals surface area contributed by atoms with Crippen molar-refractivity contribution in [3.63, 3.8) is 0 Å². The molecule has 2 aromatic carbocycles. The largest absolute Gasteiger partial charge is 0.356 e. The number of benzene rings is 2. The third-order valence-corrected chi connectivity index (χ3v) is 4.51. The number of hydrogen-bond acceptors (Lipinski definition) is 3. The summed E-state index contributed by atoms with van der Waals surface area (Å²) in [6, 6.07) is 14.4. The van der Waals surface area contributed by atoms with Crippen LogP contribution in [0.25, 0.3) is 0 Å². The van der Waals surface area contributed by atoms with Gasteiger partial charge in [-0.3, -0.25) is 4.72 Å². The number of nitrogens with one attached hydrogen (secondary N) is 2. The van der Waals surface area contributed by atoms with Gasteiger partial charge in [0.2, 0.25) is 10.0 Å². The lowest BCUT2D eigenvalue weighted by Gasteiger charge is -2.09. The second-order valence-corrected chi connectivity index (χ2v) is 6.91. The maximum atomic E-state index is 11.7. The smallest absolute Gasteiger partial charge is 0.232 e. The molecule has 0 saturated carbocycles. The number of sulfonamides is 1. The van der Waals surface area contributed by atoms with Crippen LogP contribution in [-0.2, 0) is 10.0 Å². The van der Waals surface area contributed by atoms with Gasteiger partial charge in [0.25, 0.3) is 0 Å². The topological polar surface area (TPSA) is 58.2 Å². The fourth-order valence-corrected chi connectivity index (χ4v) is 3.08. The first-order chi connectivity index (χ1) is 9.98. The molecule has 2 rings (SSSR count). The van der Waals surface area contributed by atoms with E-state index >= 15 is 0 Å². The second kappa shape index (κ2) is 6.83. The lowest BCUT2D eigenvalue weighted by molar-refractivity contribution is 0.600. The summed E-state index contributed by atoms with van der Waals surface area (Å²) >= 11 is 5.83. The van der Waals surface area contributed by atoms with Crippen LogP contribution >= 0.6 is 11.6 Å². The van der Waals surface area contributed by atoms with Crippen LogP contribution in [0.3, 0.4) is 0 Å². The molecular weight excluding hydrogens is 308 g/mol. The van der Waals surface area contributed by atoms with Crippen LogP contribution in [0.2, 0.25) is 5.02 Å². The lowest BCUT2D eigenvalue weighted by Crippen LogP contribution is -2.15. The van der Waals surface area contributed by atoms with Gasteiger partial charge in [0.15, 0.2) is 0 Å². The number of hydrogen-bond donors (Lipinski definition) is 2. The number of anilines is 3. The van der Waals surface area contributed by atoms with E-state index in [4.69, 9.17) is 11.6 Å². The van der Waals surface area contributed by atoms with Gasteiger partial charge in [0, 0.05) is 22.1 Å². The zero-order valence-electron chi connectivity index (χ0n) is 11.6. The molecule has 21 heavy (non-hydrogen) atoms. The van der Waals surface area contributed by atoms with Gasteiger partial charge in [-0.15, -0.1) is 0 Å². The molecule has 0 aliphatic heterocycles. The minimum atomic E-state index is -3.25. The van der Waals surface area contributed by atoms with Gasteiger partial charge in [-0.05, 0) is 55.0 Å². The number of halogens is 1. The van der Waals surface area contributed by atoms with Crippen LogP contribution in [0, 0.1) is 0 Å². The van der Waals surface area contributed by atoms with E-state index in [9.17, 15) is 8.42 Å². The Kier molecular flexibility index (Phi) is 5.09. The number of rotatable bonds is 6. The predicted octanol–water partition coefficient (Wildman–Crippen LogP) is 4.24. The Morgan fingerprint density at radius 2 is 1.38 bits per heavy atom. The van der Waals surface area contributed by atoms with E-state index in [1.54, 1.807) is 24.3 Å². The van der Waals surface area contributed by atoms with Crippen LogP contribution in [-0.4, -0.2) is 14.2 Å². The Morgan fingerprint density at radius 3 is 1.90 bits per heavy atom. The minimum absolute atomic E-state index is 0.123. The molecule has 2 N–H and O–H groups in total. The summed E-state index contributed by atoms with van der Waals surface area (Å²) < 4.78 is 25.9. The third-order valence-electron chi connectivity index (χ3n) is 2.76. The SMILES string of the molecule is CCCS(=O)(=O)Nc1ccc(Nc2ccc(Cl)cc2)cc1. The van der Waals surface area contributed by atoms with Crippen LogP contribution in [0.1, 0.15) is 13.3 Å². The molecule has 0 fully saturated rings. The predicted molar refractivity (Wildman–Crippen MR) is 88.9 cm³/mol. The average molecular weight is 325 g/mol. The van der Waals surface area contributed by atoms with E-state index in [0.29, 0.717) is 17.1 Å². The van der Waals surface area contributed by atoms with E-state index in [0.717, 1.165) is 11.4 Å². The summed E-state index contributed by atoms with van der Waals surface area (Å²) in [5, 5.41) is 3.89. The van der Waals surface area contributed by atoms with Crippen molar-refractivity contribution in [2.24, 2.45) is 0 Å². The van der Waals surface area contributed by atoms with Crippen molar-refractivity contribution in [3.05, 3.63) is 53.6 Å². The monoisotopic (exact) mass is 324 g/mol. The maximum Gasteiger partial charge on any atom is 0.232 e. The molecule has 0 saturated heterocycles. The molecule has 4 nitrogen and oxygen atoms in total. The Balaban J connectivity index is 2.03. The lowest BCUT2D eigenvalue weighted by atomic mass is 10.2. The zero-order valence-corrected chi connectivity index (χ0v) is 13.2. The van der Waals surface area contributed by atoms with Crippen molar-refractivity contribution in [2.45, 2.75) is 13.3 Å². The first-order valence-electron chi connectivity index (χ1n) is 6.61. The molecule has 0 aliphatic carbocycles. The Morgan fingerprint density at radius 1 is 0.905 bits per heavy atom. The summed E-state index contributed by atoms with van der Waals surface area (Å²) in [5.41, 5.74) is 2.35. The van der Waals surface area contributed by atoms with E-state index in [1.807, 2.05) is 31.2 Å². The van der Waals surface area contributed by atoms with Crippen LogP contribution in [0.5, 0.6) is 0 Å². The second-order valence-electron chi connectivity index (χ2n) is 4.63. The standard InChI is InChI=1S/C15H17ClN2O2S/c1-2-11-21(19,20)18-15-9-7-14(8-10-15)17-13-5-3-12(16)4-6-13/h3-10,17-18H,2,11H2,1H3. The van der Waals surface area contributed by atoms with Crippen molar-refractivity contribution in [2.75, 3.05) is 15.8 Å². The van der Waals surface area contributed by atoms with Crippen molar-refractivity contribution in [3.8, 4) is 0 Å². The fraction of sp³-hybridized carbons (Fsp3) is 0.200. The average Bonchev–Trinajstić information content (AvgIpc) is 2.43. The molecule has 0 heterocycles. The summed E-state index contributed by atoms with van der Waals surface area (Å²) in [4.78, 5) is 0. The summed E-state index contributed by atoms with van der Waals surface area (Å²) in [5.74, 6) is 0.123. The normalized spacial score (nSPS) is 11.1. The molecule has 0 amide bonds. The molecule has 2 aromatic rings. The molecule has 0 bridgehead atoms. The quantitative estimate of drug-likeness (QED) is 0.835. The van der Waals surface area contributed by atoms with E-state index in [-0.39, 0.29) is 5.75 Å².